The van der Waals surface area contributed by atoms with Crippen LogP contribution in [0.5, 0.6) is 5.88 Å². The minimum Gasteiger partial charge on any atom is -0.477 e. The molecule has 1 atom stereocenters. The average molecular weight is 557 g/mol. The zero-order chi connectivity index (χ0) is 27.5. The van der Waals surface area contributed by atoms with Crippen molar-refractivity contribution in [3.05, 3.63) is 36.2 Å². The van der Waals surface area contributed by atoms with Crippen molar-refractivity contribution >= 4 is 22.9 Å². The third kappa shape index (κ3) is 5.87. The second kappa shape index (κ2) is 12.0. The Labute approximate surface area is 231 Å². The predicted octanol–water partition coefficient (Wildman–Crippen LogP) is 3.63. The molecule has 3 saturated heterocycles. The van der Waals surface area contributed by atoms with Crippen molar-refractivity contribution < 1.29 is 27.8 Å². The van der Waals surface area contributed by atoms with Gasteiger partial charge in [0.1, 0.15) is 5.82 Å². The summed E-state index contributed by atoms with van der Waals surface area (Å²) in [6.07, 6.45) is 0.498. The van der Waals surface area contributed by atoms with Gasteiger partial charge in [0.2, 0.25) is 17.7 Å². The first-order valence-electron chi connectivity index (χ1n) is 14.0. The van der Waals surface area contributed by atoms with Gasteiger partial charge in [0.15, 0.2) is 5.82 Å². The van der Waals surface area contributed by atoms with Crippen molar-refractivity contribution in [1.82, 2.24) is 24.4 Å². The fourth-order valence-corrected chi connectivity index (χ4v) is 5.65. The number of halogens is 2. The van der Waals surface area contributed by atoms with Gasteiger partial charge >= 0.3 is 0 Å². The molecule has 2 aromatic heterocycles. The summed E-state index contributed by atoms with van der Waals surface area (Å²) < 4.78 is 46.6. The number of hydrogen-bond acceptors (Lipinski definition) is 8. The van der Waals surface area contributed by atoms with E-state index < -0.39 is 6.43 Å². The number of carbonyl (C=O) groups is 1. The molecule has 1 amide bonds. The Bertz CT molecular complexity index is 1330. The molecule has 0 bridgehead atoms. The number of hydrogen-bond donors (Lipinski definition) is 0. The number of rotatable bonds is 8. The van der Waals surface area contributed by atoms with E-state index in [9.17, 15) is 13.6 Å². The maximum Gasteiger partial charge on any atom is 0.296 e. The molecule has 3 fully saturated rings. The van der Waals surface area contributed by atoms with Crippen LogP contribution in [0.15, 0.2) is 30.3 Å². The smallest absolute Gasteiger partial charge is 0.296 e. The minimum atomic E-state index is -2.79. The molecule has 10 nitrogen and oxygen atoms in total. The van der Waals surface area contributed by atoms with E-state index in [2.05, 4.69) is 15.0 Å². The van der Waals surface area contributed by atoms with Gasteiger partial charge in [-0.25, -0.2) is 13.8 Å². The topological polar surface area (TPSA) is 94.8 Å². The fourth-order valence-electron chi connectivity index (χ4n) is 5.65. The van der Waals surface area contributed by atoms with E-state index in [1.807, 2.05) is 9.80 Å². The second-order valence-electron chi connectivity index (χ2n) is 10.6. The quantitative estimate of drug-likeness (QED) is 0.415. The number of alkyl halides is 2. The molecule has 6 rings (SSSR count). The first-order valence-corrected chi connectivity index (χ1v) is 14.0. The minimum absolute atomic E-state index is 0.162. The highest BCUT2D eigenvalue weighted by molar-refractivity contribution is 5.78. The summed E-state index contributed by atoms with van der Waals surface area (Å²) in [5.41, 5.74) is 0.994. The Kier molecular flexibility index (Phi) is 8.05. The Balaban J connectivity index is 1.21. The first-order chi connectivity index (χ1) is 19.5. The third-order valence-electron chi connectivity index (χ3n) is 7.89. The first kappa shape index (κ1) is 26.8. The zero-order valence-corrected chi connectivity index (χ0v) is 22.4. The summed E-state index contributed by atoms with van der Waals surface area (Å²) in [5.74, 6) is 1.34. The van der Waals surface area contributed by atoms with Crippen molar-refractivity contribution in [2.24, 2.45) is 11.8 Å². The number of aromatic nitrogens is 4. The Morgan fingerprint density at radius 1 is 0.975 bits per heavy atom. The van der Waals surface area contributed by atoms with E-state index in [1.54, 1.807) is 30.3 Å². The van der Waals surface area contributed by atoms with Gasteiger partial charge in [0, 0.05) is 57.8 Å². The molecule has 12 heteroatoms. The van der Waals surface area contributed by atoms with Crippen molar-refractivity contribution in [3.8, 4) is 11.7 Å². The maximum absolute atomic E-state index is 14.1. The molecule has 0 N–H and O–H groups in total. The summed E-state index contributed by atoms with van der Waals surface area (Å²) in [6.45, 7) is 5.40. The molecule has 3 aliphatic heterocycles. The number of anilines is 1. The number of nitrogens with zero attached hydrogens (tertiary/aromatic N) is 6. The van der Waals surface area contributed by atoms with Gasteiger partial charge < -0.3 is 24.0 Å². The lowest BCUT2D eigenvalue weighted by Gasteiger charge is -2.27. The molecule has 0 unspecified atom stereocenters. The molecule has 40 heavy (non-hydrogen) atoms. The summed E-state index contributed by atoms with van der Waals surface area (Å²) in [4.78, 5) is 30.2. The lowest BCUT2D eigenvalue weighted by molar-refractivity contribution is -0.132. The monoisotopic (exact) mass is 556 g/mol. The van der Waals surface area contributed by atoms with E-state index in [0.29, 0.717) is 81.2 Å². The largest absolute Gasteiger partial charge is 0.477 e. The van der Waals surface area contributed by atoms with Gasteiger partial charge in [-0.15, -0.1) is 0 Å². The highest BCUT2D eigenvalue weighted by atomic mass is 19.3. The predicted molar refractivity (Wildman–Crippen MR) is 143 cm³/mol. The Morgan fingerprint density at radius 2 is 1.75 bits per heavy atom. The van der Waals surface area contributed by atoms with Crippen LogP contribution in [-0.2, 0) is 14.3 Å². The van der Waals surface area contributed by atoms with Gasteiger partial charge in [-0.2, -0.15) is 9.97 Å². The van der Waals surface area contributed by atoms with Crippen LogP contribution in [0.3, 0.4) is 0 Å². The van der Waals surface area contributed by atoms with Crippen LogP contribution in [0, 0.1) is 11.8 Å². The summed E-state index contributed by atoms with van der Waals surface area (Å²) in [6, 6.07) is 8.59. The van der Waals surface area contributed by atoms with Crippen LogP contribution in [0.1, 0.15) is 37.9 Å². The molecule has 3 aliphatic rings. The number of benzene rings is 1. The molecular formula is C28H34F2N6O4. The van der Waals surface area contributed by atoms with Gasteiger partial charge in [-0.05, 0) is 37.3 Å². The zero-order valence-electron chi connectivity index (χ0n) is 22.4. The number of imidazole rings is 1. The van der Waals surface area contributed by atoms with E-state index in [0.717, 1.165) is 32.5 Å². The third-order valence-corrected chi connectivity index (χ3v) is 7.89. The molecule has 0 radical (unpaired) electrons. The number of amides is 1. The number of morpholine rings is 1. The van der Waals surface area contributed by atoms with E-state index in [4.69, 9.17) is 14.2 Å². The molecule has 3 aromatic rings. The van der Waals surface area contributed by atoms with E-state index >= 15 is 0 Å². The van der Waals surface area contributed by atoms with Gasteiger partial charge in [0.05, 0.1) is 30.9 Å². The van der Waals surface area contributed by atoms with Crippen molar-refractivity contribution in [3.63, 3.8) is 0 Å². The fraction of sp³-hybridized carbons (Fsp3) is 0.571. The van der Waals surface area contributed by atoms with Crippen LogP contribution < -0.4 is 9.64 Å². The lowest BCUT2D eigenvalue weighted by Crippen LogP contribution is -2.37. The highest BCUT2D eigenvalue weighted by Crippen LogP contribution is 2.30. The maximum atomic E-state index is 14.1. The van der Waals surface area contributed by atoms with Crippen LogP contribution >= 0.6 is 0 Å². The van der Waals surface area contributed by atoms with Gasteiger partial charge in [0.25, 0.3) is 6.43 Å². The van der Waals surface area contributed by atoms with Crippen molar-refractivity contribution in [2.45, 2.75) is 32.1 Å². The average Bonchev–Trinajstić information content (AvgIpc) is 3.62. The SMILES string of the molecule is O=C(CC1CCOCC1)N1CC[C@H](COc2cc(-n3c(C(F)F)nc4ccccc43)nc(N3CCOCC3)n2)C1. The van der Waals surface area contributed by atoms with Crippen LogP contribution in [0.4, 0.5) is 14.7 Å². The normalized spacial score (nSPS) is 20.5. The number of ether oxygens (including phenoxy) is 3. The number of fused-ring (bicyclic) bond motifs is 1. The lowest BCUT2D eigenvalue weighted by atomic mass is 9.96. The molecular weight excluding hydrogens is 522 g/mol. The van der Waals surface area contributed by atoms with E-state index in [-0.39, 0.29) is 23.5 Å². The summed E-state index contributed by atoms with van der Waals surface area (Å²) in [7, 11) is 0. The number of para-hydroxylation sites is 2. The van der Waals surface area contributed by atoms with Crippen molar-refractivity contribution in [1.29, 1.82) is 0 Å². The van der Waals surface area contributed by atoms with E-state index in [1.165, 1.54) is 4.57 Å². The number of carbonyl (C=O) groups excluding carboxylic acids is 1. The molecule has 0 spiro atoms. The van der Waals surface area contributed by atoms with Crippen LogP contribution in [0.2, 0.25) is 0 Å². The van der Waals surface area contributed by atoms with Crippen LogP contribution in [-0.4, -0.2) is 89.5 Å². The Hall–Kier alpha value is -3.38. The van der Waals surface area contributed by atoms with Gasteiger partial charge in [-0.1, -0.05) is 12.1 Å². The summed E-state index contributed by atoms with van der Waals surface area (Å²) in [5, 5.41) is 0. The molecule has 0 saturated carbocycles. The van der Waals surface area contributed by atoms with Crippen molar-refractivity contribution in [2.75, 3.05) is 64.1 Å². The molecule has 214 valence electrons. The van der Waals surface area contributed by atoms with Gasteiger partial charge in [-0.3, -0.25) is 9.36 Å². The van der Waals surface area contributed by atoms with Crippen LogP contribution in [0.25, 0.3) is 16.9 Å². The standard InChI is InChI=1S/C28H34F2N6O4/c29-26(30)27-31-21-3-1-2-4-22(21)36(27)23-16-24(33-28(32-23)34-9-13-39-14-10-34)40-18-20-5-8-35(17-20)25(37)15-19-6-11-38-12-7-19/h1-4,16,19-20,26H,5-15,17-18H2/t20-/m0/s1. The second-order valence-corrected chi connectivity index (χ2v) is 10.6. The molecule has 0 aliphatic carbocycles. The highest BCUT2D eigenvalue weighted by Gasteiger charge is 2.29. The molecule has 5 heterocycles. The molecule has 1 aromatic carbocycles. The summed E-state index contributed by atoms with van der Waals surface area (Å²) >= 11 is 0. The number of likely N-dealkylation sites (tertiary alicyclic amines) is 1. The Morgan fingerprint density at radius 3 is 2.55 bits per heavy atom.